The Labute approximate surface area is 89.1 Å². The van der Waals surface area contributed by atoms with Crippen molar-refractivity contribution in [3.63, 3.8) is 0 Å². The Morgan fingerprint density at radius 1 is 1.71 bits per heavy atom. The van der Waals surface area contributed by atoms with E-state index in [1.54, 1.807) is 0 Å². The van der Waals surface area contributed by atoms with Gasteiger partial charge in [-0.05, 0) is 25.5 Å². The number of aromatic nitrogens is 2. The Balaban J connectivity index is 2.17. The van der Waals surface area contributed by atoms with Crippen LogP contribution < -0.4 is 5.73 Å². The molecule has 2 N–H and O–H groups in total. The minimum absolute atomic E-state index is 0.0874. The molecule has 3 nitrogen and oxygen atoms in total. The molecule has 1 aliphatic heterocycles. The van der Waals surface area contributed by atoms with E-state index < -0.39 is 0 Å². The van der Waals surface area contributed by atoms with Crippen LogP contribution in [0.15, 0.2) is 12.5 Å². The fraction of sp³-hybridized carbons (Fsp3) is 0.700. The summed E-state index contributed by atoms with van der Waals surface area (Å²) in [5.74, 6) is 2.51. The molecular formula is C10H17N3S. The summed E-state index contributed by atoms with van der Waals surface area (Å²) in [5, 5.41) is 0. The van der Waals surface area contributed by atoms with Gasteiger partial charge in [0.1, 0.15) is 0 Å². The van der Waals surface area contributed by atoms with Crippen LogP contribution in [0, 0.1) is 0 Å². The van der Waals surface area contributed by atoms with Crippen molar-refractivity contribution >= 4 is 11.8 Å². The van der Waals surface area contributed by atoms with Crippen LogP contribution >= 0.6 is 11.8 Å². The van der Waals surface area contributed by atoms with Crippen LogP contribution in [0.4, 0.5) is 0 Å². The van der Waals surface area contributed by atoms with Crippen LogP contribution in [0.3, 0.4) is 0 Å². The van der Waals surface area contributed by atoms with Crippen LogP contribution in [0.2, 0.25) is 0 Å². The number of imidazole rings is 1. The lowest BCUT2D eigenvalue weighted by molar-refractivity contribution is 0.475. The van der Waals surface area contributed by atoms with Gasteiger partial charge in [-0.1, -0.05) is 0 Å². The molecule has 1 fully saturated rings. The molecule has 2 heterocycles. The first kappa shape index (κ1) is 10.1. The van der Waals surface area contributed by atoms with Gasteiger partial charge < -0.3 is 10.3 Å². The first-order chi connectivity index (χ1) is 6.79. The molecule has 0 spiro atoms. The molecular weight excluding hydrogens is 194 g/mol. The minimum atomic E-state index is 0.0874. The van der Waals surface area contributed by atoms with Gasteiger partial charge in [-0.3, -0.25) is 0 Å². The average molecular weight is 211 g/mol. The Morgan fingerprint density at radius 2 is 2.57 bits per heavy atom. The molecule has 0 aliphatic carbocycles. The fourth-order valence-electron chi connectivity index (χ4n) is 1.92. The molecule has 1 aromatic heterocycles. The standard InChI is InChI=1S/C10H17N3S/c1-8(11)10-5-12-7-13(10)9-3-2-4-14-6-9/h5,7-9H,2-4,6,11H2,1H3/t8-,9?/m0/s1. The van der Waals surface area contributed by atoms with Gasteiger partial charge in [-0.15, -0.1) is 0 Å². The Morgan fingerprint density at radius 3 is 3.21 bits per heavy atom. The minimum Gasteiger partial charge on any atom is -0.329 e. The summed E-state index contributed by atoms with van der Waals surface area (Å²) < 4.78 is 2.26. The van der Waals surface area contributed by atoms with Gasteiger partial charge in [0.2, 0.25) is 0 Å². The van der Waals surface area contributed by atoms with Gasteiger partial charge in [0.15, 0.2) is 0 Å². The second-order valence-electron chi connectivity index (χ2n) is 3.89. The zero-order chi connectivity index (χ0) is 9.97. The summed E-state index contributed by atoms with van der Waals surface area (Å²) in [4.78, 5) is 4.19. The molecule has 1 aliphatic rings. The summed E-state index contributed by atoms with van der Waals surface area (Å²) >= 11 is 2.03. The van der Waals surface area contributed by atoms with Crippen molar-refractivity contribution in [3.8, 4) is 0 Å². The van der Waals surface area contributed by atoms with Crippen molar-refractivity contribution < 1.29 is 0 Å². The highest BCUT2D eigenvalue weighted by Gasteiger charge is 2.18. The van der Waals surface area contributed by atoms with Crippen LogP contribution in [-0.4, -0.2) is 21.1 Å². The zero-order valence-electron chi connectivity index (χ0n) is 8.52. The number of hydrogen-bond acceptors (Lipinski definition) is 3. The van der Waals surface area contributed by atoms with Gasteiger partial charge in [-0.25, -0.2) is 4.98 Å². The lowest BCUT2D eigenvalue weighted by Gasteiger charge is -2.25. The highest BCUT2D eigenvalue weighted by molar-refractivity contribution is 7.99. The topological polar surface area (TPSA) is 43.8 Å². The van der Waals surface area contributed by atoms with Crippen molar-refractivity contribution in [1.29, 1.82) is 0 Å². The van der Waals surface area contributed by atoms with Gasteiger partial charge in [0, 0.05) is 24.0 Å². The molecule has 4 heteroatoms. The zero-order valence-corrected chi connectivity index (χ0v) is 9.33. The molecule has 1 aromatic rings. The molecule has 1 saturated heterocycles. The Kier molecular flexibility index (Phi) is 3.13. The fourth-order valence-corrected chi connectivity index (χ4v) is 3.05. The quantitative estimate of drug-likeness (QED) is 0.813. The van der Waals surface area contributed by atoms with Crippen LogP contribution in [0.25, 0.3) is 0 Å². The van der Waals surface area contributed by atoms with E-state index in [0.717, 1.165) is 5.69 Å². The van der Waals surface area contributed by atoms with E-state index in [1.807, 2.05) is 31.2 Å². The maximum atomic E-state index is 5.90. The second kappa shape index (κ2) is 4.36. The highest BCUT2D eigenvalue weighted by atomic mass is 32.2. The maximum absolute atomic E-state index is 5.90. The predicted molar refractivity (Wildman–Crippen MR) is 60.4 cm³/mol. The van der Waals surface area contributed by atoms with E-state index in [4.69, 9.17) is 5.73 Å². The Bertz CT molecular complexity index is 289. The van der Waals surface area contributed by atoms with E-state index >= 15 is 0 Å². The Hall–Kier alpha value is -0.480. The van der Waals surface area contributed by atoms with Gasteiger partial charge in [0.05, 0.1) is 12.0 Å². The lowest BCUT2D eigenvalue weighted by atomic mass is 10.1. The molecule has 0 radical (unpaired) electrons. The number of hydrogen-bond donors (Lipinski definition) is 1. The average Bonchev–Trinajstić information content (AvgIpc) is 2.67. The highest BCUT2D eigenvalue weighted by Crippen LogP contribution is 2.28. The van der Waals surface area contributed by atoms with Gasteiger partial charge >= 0.3 is 0 Å². The SMILES string of the molecule is C[C@H](N)c1cncn1C1CCCSC1. The third-order valence-corrected chi connectivity index (χ3v) is 3.89. The van der Waals surface area contributed by atoms with Crippen molar-refractivity contribution in [3.05, 3.63) is 18.2 Å². The number of nitrogens with two attached hydrogens (primary N) is 1. The smallest absolute Gasteiger partial charge is 0.0951 e. The van der Waals surface area contributed by atoms with Gasteiger partial charge in [0.25, 0.3) is 0 Å². The van der Waals surface area contributed by atoms with Crippen molar-refractivity contribution in [2.24, 2.45) is 5.73 Å². The largest absolute Gasteiger partial charge is 0.329 e. The molecule has 0 bridgehead atoms. The summed E-state index contributed by atoms with van der Waals surface area (Å²) in [5.41, 5.74) is 7.06. The number of thioether (sulfide) groups is 1. The monoisotopic (exact) mass is 211 g/mol. The van der Waals surface area contributed by atoms with Crippen LogP contribution in [-0.2, 0) is 0 Å². The van der Waals surface area contributed by atoms with Crippen LogP contribution in [0.1, 0.15) is 37.5 Å². The third kappa shape index (κ3) is 1.96. The summed E-state index contributed by atoms with van der Waals surface area (Å²) in [6.07, 6.45) is 6.40. The molecule has 1 unspecified atom stereocenters. The lowest BCUT2D eigenvalue weighted by Crippen LogP contribution is -2.20. The van der Waals surface area contributed by atoms with Crippen LogP contribution in [0.5, 0.6) is 0 Å². The van der Waals surface area contributed by atoms with Crippen molar-refractivity contribution in [1.82, 2.24) is 9.55 Å². The third-order valence-electron chi connectivity index (χ3n) is 2.69. The maximum Gasteiger partial charge on any atom is 0.0951 e. The molecule has 2 rings (SSSR count). The van der Waals surface area contributed by atoms with E-state index in [-0.39, 0.29) is 6.04 Å². The summed E-state index contributed by atoms with van der Waals surface area (Å²) in [6, 6.07) is 0.696. The van der Waals surface area contributed by atoms with Gasteiger partial charge in [-0.2, -0.15) is 11.8 Å². The molecule has 0 aromatic carbocycles. The number of nitrogens with zero attached hydrogens (tertiary/aromatic N) is 2. The first-order valence-corrected chi connectivity index (χ1v) is 6.29. The summed E-state index contributed by atoms with van der Waals surface area (Å²) in [6.45, 7) is 2.02. The number of rotatable bonds is 2. The van der Waals surface area contributed by atoms with E-state index in [9.17, 15) is 0 Å². The molecule has 0 amide bonds. The van der Waals surface area contributed by atoms with E-state index in [2.05, 4.69) is 9.55 Å². The second-order valence-corrected chi connectivity index (χ2v) is 5.04. The normalized spacial score (nSPS) is 24.9. The first-order valence-electron chi connectivity index (χ1n) is 5.14. The predicted octanol–water partition coefficient (Wildman–Crippen LogP) is 1.97. The molecule has 78 valence electrons. The summed E-state index contributed by atoms with van der Waals surface area (Å²) in [7, 11) is 0. The van der Waals surface area contributed by atoms with E-state index in [0.29, 0.717) is 6.04 Å². The van der Waals surface area contributed by atoms with E-state index in [1.165, 1.54) is 24.3 Å². The van der Waals surface area contributed by atoms with Crippen molar-refractivity contribution in [2.45, 2.75) is 31.8 Å². The molecule has 0 saturated carbocycles. The van der Waals surface area contributed by atoms with Crippen molar-refractivity contribution in [2.75, 3.05) is 11.5 Å². The molecule has 14 heavy (non-hydrogen) atoms. The molecule has 2 atom stereocenters.